The lowest BCUT2D eigenvalue weighted by Gasteiger charge is -2.13. The summed E-state index contributed by atoms with van der Waals surface area (Å²) in [6.45, 7) is 5.46. The lowest BCUT2D eigenvalue weighted by molar-refractivity contribution is 0.0827. The smallest absolute Gasteiger partial charge is 0.253 e. The van der Waals surface area contributed by atoms with Gasteiger partial charge in [-0.15, -0.1) is 24.0 Å². The van der Waals surface area contributed by atoms with Crippen LogP contribution in [0.4, 0.5) is 0 Å². The fraction of sp³-hybridized carbons (Fsp3) is 0.320. The number of aromatic nitrogens is 2. The lowest BCUT2D eigenvalue weighted by atomic mass is 10.1. The van der Waals surface area contributed by atoms with Crippen molar-refractivity contribution in [1.29, 1.82) is 0 Å². The summed E-state index contributed by atoms with van der Waals surface area (Å²) >= 11 is 0. The molecule has 8 heteroatoms. The second-order valence-corrected chi connectivity index (χ2v) is 7.90. The van der Waals surface area contributed by atoms with E-state index >= 15 is 0 Å². The van der Waals surface area contributed by atoms with Gasteiger partial charge in [0.25, 0.3) is 5.91 Å². The topological polar surface area (TPSA) is 74.6 Å². The van der Waals surface area contributed by atoms with Gasteiger partial charge >= 0.3 is 0 Å². The van der Waals surface area contributed by atoms with E-state index in [9.17, 15) is 4.79 Å². The van der Waals surface area contributed by atoms with Crippen molar-refractivity contribution in [3.63, 3.8) is 0 Å². The van der Waals surface area contributed by atoms with Crippen LogP contribution in [0.15, 0.2) is 59.6 Å². The molecule has 3 aromatic rings. The van der Waals surface area contributed by atoms with Gasteiger partial charge < -0.3 is 15.5 Å². The molecular formula is C25H33IN6O. The number of carbonyl (C=O) groups excluding carboxylic acids is 1. The number of halogens is 1. The molecule has 1 aromatic heterocycles. The van der Waals surface area contributed by atoms with Crippen molar-refractivity contribution < 1.29 is 4.79 Å². The maximum absolute atomic E-state index is 12.2. The van der Waals surface area contributed by atoms with Crippen molar-refractivity contribution in [3.8, 4) is 5.69 Å². The van der Waals surface area contributed by atoms with Crippen molar-refractivity contribution in [2.45, 2.75) is 26.8 Å². The first-order valence-corrected chi connectivity index (χ1v) is 10.8. The molecule has 0 unspecified atom stereocenters. The van der Waals surface area contributed by atoms with Gasteiger partial charge in [-0.3, -0.25) is 9.79 Å². The Morgan fingerprint density at radius 1 is 1.06 bits per heavy atom. The van der Waals surface area contributed by atoms with Crippen molar-refractivity contribution >= 4 is 35.8 Å². The standard InChI is InChI=1S/C25H32N6O.HI/c1-18-23(19(2)31(29-18)22-12-7-6-8-13-22)17-28-25(26-3)27-15-14-20-10-9-11-21(16-20)24(32)30(4)5;/h6-13,16H,14-15,17H2,1-5H3,(H2,26,27,28);1H. The maximum Gasteiger partial charge on any atom is 0.253 e. The van der Waals surface area contributed by atoms with E-state index in [0.29, 0.717) is 18.7 Å². The van der Waals surface area contributed by atoms with Crippen LogP contribution in [-0.4, -0.2) is 54.2 Å². The number of guanidine groups is 1. The molecule has 33 heavy (non-hydrogen) atoms. The Kier molecular flexibility index (Phi) is 9.90. The summed E-state index contributed by atoms with van der Waals surface area (Å²) in [5.74, 6) is 0.746. The van der Waals surface area contributed by atoms with E-state index in [4.69, 9.17) is 5.10 Å². The van der Waals surface area contributed by atoms with Crippen LogP contribution in [0.3, 0.4) is 0 Å². The fourth-order valence-corrected chi connectivity index (χ4v) is 3.59. The van der Waals surface area contributed by atoms with Crippen LogP contribution in [0.1, 0.15) is 32.9 Å². The zero-order valence-electron chi connectivity index (χ0n) is 19.9. The Morgan fingerprint density at radius 2 is 1.79 bits per heavy atom. The third-order valence-corrected chi connectivity index (χ3v) is 5.38. The molecule has 0 atom stereocenters. The maximum atomic E-state index is 12.2. The van der Waals surface area contributed by atoms with E-state index in [2.05, 4.69) is 34.7 Å². The first-order valence-electron chi connectivity index (χ1n) is 10.8. The Morgan fingerprint density at radius 3 is 2.45 bits per heavy atom. The third kappa shape index (κ3) is 6.80. The quantitative estimate of drug-likeness (QED) is 0.263. The number of rotatable bonds is 7. The van der Waals surface area contributed by atoms with E-state index in [1.54, 1.807) is 26.0 Å². The Labute approximate surface area is 213 Å². The first kappa shape index (κ1) is 26.4. The highest BCUT2D eigenvalue weighted by atomic mass is 127. The van der Waals surface area contributed by atoms with Crippen molar-refractivity contribution in [2.75, 3.05) is 27.7 Å². The van der Waals surface area contributed by atoms with Crippen molar-refractivity contribution in [1.82, 2.24) is 25.3 Å². The molecule has 1 amide bonds. The zero-order valence-corrected chi connectivity index (χ0v) is 22.3. The summed E-state index contributed by atoms with van der Waals surface area (Å²) in [4.78, 5) is 18.1. The number of para-hydroxylation sites is 1. The van der Waals surface area contributed by atoms with Crippen molar-refractivity contribution in [3.05, 3.63) is 82.7 Å². The van der Waals surface area contributed by atoms with Crippen LogP contribution in [0, 0.1) is 13.8 Å². The molecule has 0 saturated heterocycles. The number of benzene rings is 2. The lowest BCUT2D eigenvalue weighted by Crippen LogP contribution is -2.38. The number of hydrogen-bond donors (Lipinski definition) is 2. The molecule has 3 rings (SSSR count). The SMILES string of the molecule is CN=C(NCCc1cccc(C(=O)N(C)C)c1)NCc1c(C)nn(-c2ccccc2)c1C.I. The first-order chi connectivity index (χ1) is 15.4. The van der Waals surface area contributed by atoms with E-state index in [-0.39, 0.29) is 29.9 Å². The van der Waals surface area contributed by atoms with Crippen LogP contribution in [-0.2, 0) is 13.0 Å². The molecule has 0 spiro atoms. The van der Waals surface area contributed by atoms with Gasteiger partial charge in [-0.1, -0.05) is 30.3 Å². The molecule has 0 aliphatic rings. The largest absolute Gasteiger partial charge is 0.356 e. The predicted octanol–water partition coefficient (Wildman–Crippen LogP) is 3.72. The molecule has 176 valence electrons. The Bertz CT molecular complexity index is 1090. The van der Waals surface area contributed by atoms with Gasteiger partial charge in [0.15, 0.2) is 5.96 Å². The number of nitrogens with one attached hydrogen (secondary N) is 2. The van der Waals surface area contributed by atoms with Gasteiger partial charge in [-0.2, -0.15) is 5.10 Å². The monoisotopic (exact) mass is 560 g/mol. The summed E-state index contributed by atoms with van der Waals surface area (Å²) in [7, 11) is 5.29. The number of nitrogens with zero attached hydrogens (tertiary/aromatic N) is 4. The molecule has 1 heterocycles. The highest BCUT2D eigenvalue weighted by molar-refractivity contribution is 14.0. The van der Waals surface area contributed by atoms with Crippen LogP contribution in [0.2, 0.25) is 0 Å². The predicted molar refractivity (Wildman–Crippen MR) is 145 cm³/mol. The minimum Gasteiger partial charge on any atom is -0.356 e. The molecule has 0 bridgehead atoms. The van der Waals surface area contributed by atoms with E-state index < -0.39 is 0 Å². The number of carbonyl (C=O) groups is 1. The zero-order chi connectivity index (χ0) is 23.1. The average Bonchev–Trinajstić information content (AvgIpc) is 3.09. The average molecular weight is 560 g/mol. The summed E-state index contributed by atoms with van der Waals surface area (Å²) in [6, 6.07) is 17.9. The summed E-state index contributed by atoms with van der Waals surface area (Å²) < 4.78 is 1.98. The fourth-order valence-electron chi connectivity index (χ4n) is 3.59. The van der Waals surface area contributed by atoms with Gasteiger partial charge in [0.2, 0.25) is 0 Å². The molecule has 0 radical (unpaired) electrons. The number of aliphatic imine (C=N–C) groups is 1. The van der Waals surface area contributed by atoms with Gasteiger partial charge in [0.05, 0.1) is 11.4 Å². The molecule has 0 fully saturated rings. The molecule has 2 N–H and O–H groups in total. The highest BCUT2D eigenvalue weighted by Gasteiger charge is 2.13. The van der Waals surface area contributed by atoms with Crippen LogP contribution in [0.25, 0.3) is 5.69 Å². The van der Waals surface area contributed by atoms with Crippen molar-refractivity contribution in [2.24, 2.45) is 4.99 Å². The van der Waals surface area contributed by atoms with Crippen LogP contribution in [0.5, 0.6) is 0 Å². The van der Waals surface area contributed by atoms with Gasteiger partial charge in [0.1, 0.15) is 0 Å². The molecule has 7 nitrogen and oxygen atoms in total. The van der Waals surface area contributed by atoms with Crippen LogP contribution >= 0.6 is 24.0 Å². The number of amides is 1. The number of hydrogen-bond acceptors (Lipinski definition) is 3. The summed E-state index contributed by atoms with van der Waals surface area (Å²) in [5, 5.41) is 11.4. The van der Waals surface area contributed by atoms with E-state index in [1.165, 1.54) is 0 Å². The second kappa shape index (κ2) is 12.4. The highest BCUT2D eigenvalue weighted by Crippen LogP contribution is 2.17. The molecular weight excluding hydrogens is 527 g/mol. The molecule has 0 aliphatic heterocycles. The van der Waals surface area contributed by atoms with Gasteiger partial charge in [0, 0.05) is 51.1 Å². The third-order valence-electron chi connectivity index (χ3n) is 5.38. The van der Waals surface area contributed by atoms with Gasteiger partial charge in [-0.05, 0) is 50.1 Å². The van der Waals surface area contributed by atoms with E-state index in [1.807, 2.05) is 54.1 Å². The molecule has 2 aromatic carbocycles. The number of aryl methyl sites for hydroxylation is 1. The van der Waals surface area contributed by atoms with Crippen LogP contribution < -0.4 is 10.6 Å². The minimum absolute atomic E-state index is 0. The van der Waals surface area contributed by atoms with Gasteiger partial charge in [-0.25, -0.2) is 4.68 Å². The minimum atomic E-state index is 0. The van der Waals surface area contributed by atoms with E-state index in [0.717, 1.165) is 40.6 Å². The summed E-state index contributed by atoms with van der Waals surface area (Å²) in [5.41, 5.74) is 6.13. The Balaban J connectivity index is 0.00000385. The summed E-state index contributed by atoms with van der Waals surface area (Å²) in [6.07, 6.45) is 0.791. The second-order valence-electron chi connectivity index (χ2n) is 7.90. The normalized spacial score (nSPS) is 11.0. The molecule has 0 saturated carbocycles. The Hall–Kier alpha value is -2.88. The molecule has 0 aliphatic carbocycles.